The van der Waals surface area contributed by atoms with Crippen molar-refractivity contribution in [3.8, 4) is 17.5 Å². The van der Waals surface area contributed by atoms with E-state index in [1.807, 2.05) is 6.07 Å². The Balaban J connectivity index is 2.74. The van der Waals surface area contributed by atoms with Crippen molar-refractivity contribution in [1.82, 2.24) is 4.57 Å². The first-order valence-corrected chi connectivity index (χ1v) is 6.42. The lowest BCUT2D eigenvalue weighted by Gasteiger charge is -2.13. The number of rotatable bonds is 4. The number of ether oxygens (including phenoxy) is 2. The second kappa shape index (κ2) is 6.11. The molecule has 0 aliphatic heterocycles. The predicted octanol–water partition coefficient (Wildman–Crippen LogP) is 0.825. The van der Waals surface area contributed by atoms with Crippen LogP contribution in [0.1, 0.15) is 26.4 Å². The highest BCUT2D eigenvalue weighted by molar-refractivity contribution is 5.96. The average Bonchev–Trinajstić information content (AvgIpc) is 2.89. The van der Waals surface area contributed by atoms with Gasteiger partial charge in [-0.3, -0.25) is 4.79 Å². The molecule has 0 aliphatic rings. The number of nitrogens with zero attached hydrogens (tertiary/aromatic N) is 2. The topological polar surface area (TPSA) is 133 Å². The highest BCUT2D eigenvalue weighted by Gasteiger charge is 2.23. The third-order valence-electron chi connectivity index (χ3n) is 3.27. The molecule has 1 aromatic carbocycles. The summed E-state index contributed by atoms with van der Waals surface area (Å²) in [6.45, 7) is 0. The minimum Gasteiger partial charge on any atom is -0.495 e. The normalized spacial score (nSPS) is 9.96. The Hall–Kier alpha value is -3.47. The predicted molar refractivity (Wildman–Crippen MR) is 81.3 cm³/mol. The van der Waals surface area contributed by atoms with Crippen molar-refractivity contribution >= 4 is 17.6 Å². The molecule has 0 atom stereocenters. The van der Waals surface area contributed by atoms with Crippen molar-refractivity contribution in [2.45, 2.75) is 0 Å². The Morgan fingerprint density at radius 1 is 1.30 bits per heavy atom. The first-order chi connectivity index (χ1) is 10.9. The summed E-state index contributed by atoms with van der Waals surface area (Å²) in [6, 6.07) is 6.34. The van der Waals surface area contributed by atoms with E-state index in [2.05, 4.69) is 0 Å². The molecule has 0 saturated heterocycles. The lowest BCUT2D eigenvalue weighted by atomic mass is 10.1. The number of hydrogen-bond acceptors (Lipinski definition) is 6. The van der Waals surface area contributed by atoms with Crippen LogP contribution in [0.5, 0.6) is 5.75 Å². The minimum atomic E-state index is -0.704. The minimum absolute atomic E-state index is 0.000353. The number of carbonyl (C=O) groups excluding carboxylic acids is 2. The molecular weight excluding hydrogens is 300 g/mol. The van der Waals surface area contributed by atoms with Crippen LogP contribution < -0.4 is 16.2 Å². The van der Waals surface area contributed by atoms with Crippen LogP contribution in [0.4, 0.5) is 5.69 Å². The maximum Gasteiger partial charge on any atom is 0.357 e. The molecule has 0 saturated carbocycles. The van der Waals surface area contributed by atoms with Crippen LogP contribution in [-0.4, -0.2) is 30.7 Å². The molecule has 0 bridgehead atoms. The number of benzene rings is 1. The van der Waals surface area contributed by atoms with Crippen LogP contribution in [0.2, 0.25) is 0 Å². The third kappa shape index (κ3) is 2.67. The SMILES string of the molecule is COC(=O)c1c(N)c(C#N)cn1-c1ccc(C(N)=O)cc1OC. The van der Waals surface area contributed by atoms with Crippen molar-refractivity contribution < 1.29 is 19.1 Å². The average molecular weight is 314 g/mol. The van der Waals surface area contributed by atoms with Crippen LogP contribution >= 0.6 is 0 Å². The monoisotopic (exact) mass is 314 g/mol. The molecule has 8 heteroatoms. The van der Waals surface area contributed by atoms with Gasteiger partial charge in [0.15, 0.2) is 5.69 Å². The van der Waals surface area contributed by atoms with Gasteiger partial charge in [-0.25, -0.2) is 4.79 Å². The largest absolute Gasteiger partial charge is 0.495 e. The van der Waals surface area contributed by atoms with Crippen molar-refractivity contribution in [2.24, 2.45) is 5.73 Å². The molecular formula is C15H14N4O4. The molecule has 4 N–H and O–H groups in total. The fourth-order valence-corrected chi connectivity index (χ4v) is 2.13. The number of nitriles is 1. The van der Waals surface area contributed by atoms with Gasteiger partial charge in [0.1, 0.15) is 11.8 Å². The Morgan fingerprint density at radius 2 is 2.00 bits per heavy atom. The number of anilines is 1. The second-order valence-electron chi connectivity index (χ2n) is 4.53. The highest BCUT2D eigenvalue weighted by atomic mass is 16.5. The fraction of sp³-hybridized carbons (Fsp3) is 0.133. The summed E-state index contributed by atoms with van der Waals surface area (Å²) in [4.78, 5) is 23.3. The van der Waals surface area contributed by atoms with Crippen LogP contribution in [0.25, 0.3) is 5.69 Å². The maximum atomic E-state index is 12.0. The van der Waals surface area contributed by atoms with Gasteiger partial charge in [-0.1, -0.05) is 0 Å². The van der Waals surface area contributed by atoms with Crippen LogP contribution in [-0.2, 0) is 4.74 Å². The molecule has 8 nitrogen and oxygen atoms in total. The van der Waals surface area contributed by atoms with E-state index in [1.54, 1.807) is 0 Å². The smallest absolute Gasteiger partial charge is 0.357 e. The number of carbonyl (C=O) groups is 2. The summed E-state index contributed by atoms with van der Waals surface area (Å²) >= 11 is 0. The Labute approximate surface area is 131 Å². The Kier molecular flexibility index (Phi) is 4.23. The van der Waals surface area contributed by atoms with Gasteiger partial charge in [0.25, 0.3) is 0 Å². The Bertz CT molecular complexity index is 833. The van der Waals surface area contributed by atoms with E-state index in [1.165, 1.54) is 43.2 Å². The maximum absolute atomic E-state index is 12.0. The summed E-state index contributed by atoms with van der Waals surface area (Å²) in [5.41, 5.74) is 11.8. The first-order valence-electron chi connectivity index (χ1n) is 6.42. The zero-order chi connectivity index (χ0) is 17.1. The van der Waals surface area contributed by atoms with E-state index in [-0.39, 0.29) is 28.3 Å². The van der Waals surface area contributed by atoms with E-state index >= 15 is 0 Å². The van der Waals surface area contributed by atoms with Crippen molar-refractivity contribution in [2.75, 3.05) is 20.0 Å². The number of esters is 1. The number of aromatic nitrogens is 1. The summed E-state index contributed by atoms with van der Waals surface area (Å²) in [6.07, 6.45) is 1.39. The van der Waals surface area contributed by atoms with Gasteiger partial charge < -0.3 is 25.5 Å². The number of hydrogen-bond donors (Lipinski definition) is 2. The van der Waals surface area contributed by atoms with Crippen LogP contribution in [0.3, 0.4) is 0 Å². The van der Waals surface area contributed by atoms with E-state index in [9.17, 15) is 9.59 Å². The quantitative estimate of drug-likeness (QED) is 0.803. The van der Waals surface area contributed by atoms with E-state index in [0.29, 0.717) is 5.69 Å². The van der Waals surface area contributed by atoms with E-state index in [0.717, 1.165) is 0 Å². The summed E-state index contributed by atoms with van der Waals surface area (Å²) in [7, 11) is 2.61. The fourth-order valence-electron chi connectivity index (χ4n) is 2.13. The van der Waals surface area contributed by atoms with Gasteiger partial charge in [-0.15, -0.1) is 0 Å². The molecule has 0 fully saturated rings. The van der Waals surface area contributed by atoms with Crippen molar-refractivity contribution in [3.63, 3.8) is 0 Å². The molecule has 1 aromatic heterocycles. The lowest BCUT2D eigenvalue weighted by molar-refractivity contribution is 0.0592. The zero-order valence-corrected chi connectivity index (χ0v) is 12.5. The lowest BCUT2D eigenvalue weighted by Crippen LogP contribution is -2.13. The Morgan fingerprint density at radius 3 is 2.52 bits per heavy atom. The van der Waals surface area contributed by atoms with Gasteiger partial charge in [0.2, 0.25) is 5.91 Å². The molecule has 2 aromatic rings. The van der Waals surface area contributed by atoms with Crippen molar-refractivity contribution in [3.05, 3.63) is 41.2 Å². The number of nitrogen functional groups attached to an aromatic ring is 1. The van der Waals surface area contributed by atoms with Crippen LogP contribution in [0, 0.1) is 11.3 Å². The molecule has 23 heavy (non-hydrogen) atoms. The second-order valence-corrected chi connectivity index (χ2v) is 4.53. The van der Waals surface area contributed by atoms with Gasteiger partial charge >= 0.3 is 5.97 Å². The molecule has 2 rings (SSSR count). The number of primary amides is 1. The summed E-state index contributed by atoms with van der Waals surface area (Å²) in [5.74, 6) is -1.04. The molecule has 1 amide bonds. The third-order valence-corrected chi connectivity index (χ3v) is 3.27. The number of nitrogens with two attached hydrogens (primary N) is 2. The molecule has 0 aliphatic carbocycles. The van der Waals surface area contributed by atoms with Gasteiger partial charge in [-0.05, 0) is 18.2 Å². The molecule has 0 radical (unpaired) electrons. The van der Waals surface area contributed by atoms with Gasteiger partial charge in [-0.2, -0.15) is 5.26 Å². The molecule has 0 spiro atoms. The molecule has 0 unspecified atom stereocenters. The van der Waals surface area contributed by atoms with Crippen LogP contribution in [0.15, 0.2) is 24.4 Å². The first kappa shape index (κ1) is 15.9. The molecule has 118 valence electrons. The van der Waals surface area contributed by atoms with E-state index < -0.39 is 11.9 Å². The number of methoxy groups -OCH3 is 2. The highest BCUT2D eigenvalue weighted by Crippen LogP contribution is 2.30. The number of amides is 1. The zero-order valence-electron chi connectivity index (χ0n) is 12.5. The van der Waals surface area contributed by atoms with Crippen molar-refractivity contribution in [1.29, 1.82) is 5.26 Å². The molecule has 1 heterocycles. The van der Waals surface area contributed by atoms with E-state index in [4.69, 9.17) is 26.2 Å². The van der Waals surface area contributed by atoms with Gasteiger partial charge in [0.05, 0.1) is 31.2 Å². The summed E-state index contributed by atoms with van der Waals surface area (Å²) < 4.78 is 11.3. The standard InChI is InChI=1S/C15H14N4O4/c1-22-11-5-8(14(18)20)3-4-10(11)19-7-9(6-16)12(17)13(19)15(21)23-2/h3-5,7H,17H2,1-2H3,(H2,18,20). The van der Waals surface area contributed by atoms with Gasteiger partial charge in [0, 0.05) is 11.8 Å². The summed E-state index contributed by atoms with van der Waals surface area (Å²) in [5, 5.41) is 9.11.